The molecule has 0 radical (unpaired) electrons. The molecule has 3 aromatic rings. The number of hydrogen-bond donors (Lipinski definition) is 2. The third-order valence-electron chi connectivity index (χ3n) is 4.93. The monoisotopic (exact) mass is 535 g/mol. The van der Waals surface area contributed by atoms with Crippen molar-refractivity contribution in [3.8, 4) is 0 Å². The second-order valence-corrected chi connectivity index (χ2v) is 10.6. The molecular weight excluding hydrogens is 517 g/mol. The van der Waals surface area contributed by atoms with Gasteiger partial charge in [-0.05, 0) is 42.5 Å². The van der Waals surface area contributed by atoms with E-state index in [0.717, 1.165) is 0 Å². The van der Waals surface area contributed by atoms with E-state index in [1.54, 1.807) is 53.4 Å². The summed E-state index contributed by atoms with van der Waals surface area (Å²) >= 11 is 14.4. The minimum atomic E-state index is -0.488. The molecule has 2 aromatic carbocycles. The normalized spacial score (nSPS) is 15.4. The van der Waals surface area contributed by atoms with Crippen molar-refractivity contribution in [2.75, 3.05) is 27.8 Å². The van der Waals surface area contributed by atoms with E-state index in [-0.39, 0.29) is 37.1 Å². The molecular formula is C22H19Cl2N5O3S2. The molecule has 1 fully saturated rings. The molecule has 1 aliphatic rings. The molecule has 176 valence electrons. The van der Waals surface area contributed by atoms with Crippen LogP contribution in [0, 0.1) is 5.92 Å². The van der Waals surface area contributed by atoms with Gasteiger partial charge in [-0.2, -0.15) is 0 Å². The fourth-order valence-electron chi connectivity index (χ4n) is 3.30. The van der Waals surface area contributed by atoms with Crippen molar-refractivity contribution in [2.45, 2.75) is 17.2 Å². The summed E-state index contributed by atoms with van der Waals surface area (Å²) in [6.07, 6.45) is 0.403. The minimum Gasteiger partial charge on any atom is -0.326 e. The second kappa shape index (κ2) is 11.2. The van der Waals surface area contributed by atoms with Crippen LogP contribution in [0.25, 0.3) is 0 Å². The lowest BCUT2D eigenvalue weighted by atomic mass is 10.1. The Hall–Kier alpha value is -2.66. The van der Waals surface area contributed by atoms with Gasteiger partial charge in [0.05, 0.1) is 5.92 Å². The Balaban J connectivity index is 1.23. The van der Waals surface area contributed by atoms with Gasteiger partial charge in [0.15, 0.2) is 4.34 Å². The molecule has 0 aliphatic carbocycles. The van der Waals surface area contributed by atoms with Crippen LogP contribution in [0.1, 0.15) is 12.8 Å². The Bertz CT molecular complexity index is 1210. The van der Waals surface area contributed by atoms with Crippen molar-refractivity contribution in [1.82, 2.24) is 10.2 Å². The molecule has 34 heavy (non-hydrogen) atoms. The van der Waals surface area contributed by atoms with Crippen LogP contribution < -0.4 is 15.5 Å². The number of anilines is 3. The zero-order valence-corrected chi connectivity index (χ0v) is 20.8. The Kier molecular flexibility index (Phi) is 8.04. The van der Waals surface area contributed by atoms with Crippen molar-refractivity contribution < 1.29 is 14.4 Å². The average Bonchev–Trinajstić information content (AvgIpc) is 3.41. The van der Waals surface area contributed by atoms with Gasteiger partial charge < -0.3 is 15.5 Å². The van der Waals surface area contributed by atoms with Crippen molar-refractivity contribution in [1.29, 1.82) is 0 Å². The first-order valence-electron chi connectivity index (χ1n) is 10.3. The molecule has 4 rings (SSSR count). The Morgan fingerprint density at radius 3 is 2.65 bits per heavy atom. The van der Waals surface area contributed by atoms with Gasteiger partial charge in [0.1, 0.15) is 0 Å². The zero-order valence-electron chi connectivity index (χ0n) is 17.7. The van der Waals surface area contributed by atoms with E-state index < -0.39 is 5.92 Å². The van der Waals surface area contributed by atoms with Gasteiger partial charge in [-0.15, -0.1) is 10.2 Å². The van der Waals surface area contributed by atoms with Crippen molar-refractivity contribution in [3.63, 3.8) is 0 Å². The summed E-state index contributed by atoms with van der Waals surface area (Å²) in [5.74, 6) is -0.518. The van der Waals surface area contributed by atoms with Crippen LogP contribution in [-0.2, 0) is 14.4 Å². The summed E-state index contributed by atoms with van der Waals surface area (Å²) in [6.45, 7) is 0.286. The van der Waals surface area contributed by atoms with Gasteiger partial charge in [-0.3, -0.25) is 14.4 Å². The molecule has 2 N–H and O–H groups in total. The van der Waals surface area contributed by atoms with E-state index in [0.29, 0.717) is 36.6 Å². The van der Waals surface area contributed by atoms with Crippen LogP contribution in [0.15, 0.2) is 52.9 Å². The summed E-state index contributed by atoms with van der Waals surface area (Å²) in [5, 5.41) is 15.1. The number of benzene rings is 2. The van der Waals surface area contributed by atoms with Crippen LogP contribution in [0.2, 0.25) is 10.0 Å². The lowest BCUT2D eigenvalue weighted by molar-refractivity contribution is -0.122. The topological polar surface area (TPSA) is 104 Å². The fraction of sp³-hybridized carbons (Fsp3) is 0.227. The van der Waals surface area contributed by atoms with Crippen LogP contribution in [-0.4, -0.2) is 40.2 Å². The highest BCUT2D eigenvalue weighted by Crippen LogP contribution is 2.29. The first-order chi connectivity index (χ1) is 16.4. The number of halogens is 2. The number of carbonyl (C=O) groups is 3. The van der Waals surface area contributed by atoms with Gasteiger partial charge in [-0.1, -0.05) is 52.4 Å². The van der Waals surface area contributed by atoms with Gasteiger partial charge in [0.2, 0.25) is 22.9 Å². The number of aromatic nitrogens is 2. The molecule has 12 heteroatoms. The summed E-state index contributed by atoms with van der Waals surface area (Å²) < 4.78 is 0.635. The number of carbonyl (C=O) groups excluding carboxylic acids is 3. The maximum atomic E-state index is 12.7. The molecule has 2 heterocycles. The maximum Gasteiger partial charge on any atom is 0.231 e. The SMILES string of the molecule is O=C(CCSc1nnc(NC(=O)C2CC(=O)N(c3ccc(Cl)cc3)C2)s1)Nc1cccc(Cl)c1. The van der Waals surface area contributed by atoms with Crippen LogP contribution in [0.4, 0.5) is 16.5 Å². The molecule has 1 saturated heterocycles. The van der Waals surface area contributed by atoms with Gasteiger partial charge in [0, 0.05) is 46.6 Å². The average molecular weight is 536 g/mol. The van der Waals surface area contributed by atoms with Crippen molar-refractivity contribution in [2.24, 2.45) is 5.92 Å². The van der Waals surface area contributed by atoms with Crippen molar-refractivity contribution in [3.05, 3.63) is 58.6 Å². The van der Waals surface area contributed by atoms with Crippen molar-refractivity contribution >= 4 is 80.5 Å². The zero-order chi connectivity index (χ0) is 24.1. The number of amides is 3. The third-order valence-corrected chi connectivity index (χ3v) is 7.39. The predicted molar refractivity (Wildman–Crippen MR) is 136 cm³/mol. The molecule has 0 bridgehead atoms. The molecule has 0 saturated carbocycles. The number of hydrogen-bond acceptors (Lipinski definition) is 7. The lowest BCUT2D eigenvalue weighted by Gasteiger charge is -2.16. The fourth-order valence-corrected chi connectivity index (χ4v) is 5.38. The Labute approximate surface area is 214 Å². The maximum absolute atomic E-state index is 12.7. The highest BCUT2D eigenvalue weighted by molar-refractivity contribution is 8.01. The molecule has 8 nitrogen and oxygen atoms in total. The predicted octanol–water partition coefficient (Wildman–Crippen LogP) is 4.96. The summed E-state index contributed by atoms with van der Waals surface area (Å²) in [7, 11) is 0. The second-order valence-electron chi connectivity index (χ2n) is 7.40. The van der Waals surface area contributed by atoms with E-state index in [9.17, 15) is 14.4 Å². The van der Waals surface area contributed by atoms with Gasteiger partial charge in [-0.25, -0.2) is 0 Å². The highest BCUT2D eigenvalue weighted by atomic mass is 35.5. The van der Waals surface area contributed by atoms with Crippen LogP contribution in [0.5, 0.6) is 0 Å². The Morgan fingerprint density at radius 1 is 1.09 bits per heavy atom. The van der Waals surface area contributed by atoms with E-state index in [1.165, 1.54) is 23.1 Å². The molecule has 0 spiro atoms. The third kappa shape index (κ3) is 6.47. The molecule has 1 atom stereocenters. The van der Waals surface area contributed by atoms with Crippen LogP contribution in [0.3, 0.4) is 0 Å². The number of rotatable bonds is 8. The summed E-state index contributed by atoms with van der Waals surface area (Å²) in [5.41, 5.74) is 1.35. The lowest BCUT2D eigenvalue weighted by Crippen LogP contribution is -2.28. The van der Waals surface area contributed by atoms with Crippen LogP contribution >= 0.6 is 46.3 Å². The van der Waals surface area contributed by atoms with Gasteiger partial charge in [0.25, 0.3) is 0 Å². The highest BCUT2D eigenvalue weighted by Gasteiger charge is 2.35. The Morgan fingerprint density at radius 2 is 1.88 bits per heavy atom. The first-order valence-corrected chi connectivity index (χ1v) is 12.8. The quantitative estimate of drug-likeness (QED) is 0.312. The largest absolute Gasteiger partial charge is 0.326 e. The molecule has 3 amide bonds. The number of nitrogens with zero attached hydrogens (tertiary/aromatic N) is 3. The first kappa shape index (κ1) is 24.5. The van der Waals surface area contributed by atoms with E-state index >= 15 is 0 Å². The van der Waals surface area contributed by atoms with Gasteiger partial charge >= 0.3 is 0 Å². The number of thioether (sulfide) groups is 1. The van der Waals surface area contributed by atoms with E-state index in [2.05, 4.69) is 20.8 Å². The number of nitrogens with one attached hydrogen (secondary N) is 2. The standard InChI is InChI=1S/C22H19Cl2N5O3S2/c23-14-4-6-17(7-5-14)29-12-13(10-19(29)31)20(32)26-21-27-28-22(34-21)33-9-8-18(30)25-16-3-1-2-15(24)11-16/h1-7,11,13H,8-10,12H2,(H,25,30)(H,26,27,32). The summed E-state index contributed by atoms with van der Waals surface area (Å²) in [6, 6.07) is 13.9. The molecule has 1 unspecified atom stereocenters. The smallest absolute Gasteiger partial charge is 0.231 e. The summed E-state index contributed by atoms with van der Waals surface area (Å²) in [4.78, 5) is 38.7. The molecule has 1 aliphatic heterocycles. The minimum absolute atomic E-state index is 0.118. The van der Waals surface area contributed by atoms with E-state index in [1.807, 2.05) is 0 Å². The molecule has 1 aromatic heterocycles. The van der Waals surface area contributed by atoms with E-state index in [4.69, 9.17) is 23.2 Å².